The molecule has 0 saturated heterocycles. The van der Waals surface area contributed by atoms with Gasteiger partial charge in [-0.1, -0.05) is 62.2 Å². The van der Waals surface area contributed by atoms with Crippen molar-refractivity contribution in [3.8, 4) is 0 Å². The van der Waals surface area contributed by atoms with Crippen molar-refractivity contribution in [2.45, 2.75) is 77.0 Å². The zero-order chi connectivity index (χ0) is 12.8. The molecular weight excluding hydrogens is 246 g/mol. The average Bonchev–Trinajstić information content (AvgIpc) is 2.77. The van der Waals surface area contributed by atoms with Crippen LogP contribution in [0.3, 0.4) is 0 Å². The summed E-state index contributed by atoms with van der Waals surface area (Å²) >= 11 is 6.41. The fraction of sp³-hybridized carbons (Fsp3) is 0.800. The van der Waals surface area contributed by atoms with Gasteiger partial charge in [0.2, 0.25) is 0 Å². The average molecular weight is 270 g/mol. The van der Waals surface area contributed by atoms with Gasteiger partial charge in [-0.05, 0) is 19.3 Å². The van der Waals surface area contributed by atoms with Crippen molar-refractivity contribution in [2.24, 2.45) is 0 Å². The lowest BCUT2D eigenvalue weighted by Crippen LogP contribution is -2.05. The number of nitrogens with zero attached hydrogens (tertiary/aromatic N) is 1. The molecule has 0 spiro atoms. The quantitative estimate of drug-likeness (QED) is 0.638. The van der Waals surface area contributed by atoms with E-state index in [1.165, 1.54) is 51.4 Å². The van der Waals surface area contributed by atoms with Crippen molar-refractivity contribution in [3.05, 3.63) is 16.5 Å². The Morgan fingerprint density at radius 1 is 1.17 bits per heavy atom. The van der Waals surface area contributed by atoms with Gasteiger partial charge in [0.25, 0.3) is 0 Å². The SMILES string of the molecule is CCCCCCc1onc(C2CCCCC2)c1Cl. The van der Waals surface area contributed by atoms with Crippen LogP contribution in [0.15, 0.2) is 4.52 Å². The number of hydrogen-bond donors (Lipinski definition) is 0. The molecule has 1 fully saturated rings. The van der Waals surface area contributed by atoms with Crippen LogP contribution in [0.4, 0.5) is 0 Å². The lowest BCUT2D eigenvalue weighted by Gasteiger charge is -2.19. The van der Waals surface area contributed by atoms with Crippen LogP contribution in [0, 0.1) is 0 Å². The third-order valence-corrected chi connectivity index (χ3v) is 4.38. The van der Waals surface area contributed by atoms with Gasteiger partial charge in [0, 0.05) is 12.3 Å². The molecule has 3 heteroatoms. The molecule has 1 aromatic heterocycles. The van der Waals surface area contributed by atoms with Gasteiger partial charge >= 0.3 is 0 Å². The number of unbranched alkanes of at least 4 members (excludes halogenated alkanes) is 3. The Bertz CT molecular complexity index is 355. The van der Waals surface area contributed by atoms with E-state index in [1.54, 1.807) is 0 Å². The second kappa shape index (κ2) is 7.18. The third-order valence-electron chi connectivity index (χ3n) is 3.97. The Hall–Kier alpha value is -0.500. The van der Waals surface area contributed by atoms with E-state index in [0.29, 0.717) is 5.92 Å². The molecule has 1 heterocycles. The van der Waals surface area contributed by atoms with E-state index >= 15 is 0 Å². The molecule has 0 aromatic carbocycles. The molecule has 0 atom stereocenters. The molecule has 1 aliphatic carbocycles. The van der Waals surface area contributed by atoms with Gasteiger partial charge in [-0.2, -0.15) is 0 Å². The molecule has 2 nitrogen and oxygen atoms in total. The van der Waals surface area contributed by atoms with Crippen LogP contribution in [0.5, 0.6) is 0 Å². The summed E-state index contributed by atoms with van der Waals surface area (Å²) in [5.74, 6) is 1.45. The maximum absolute atomic E-state index is 6.41. The van der Waals surface area contributed by atoms with Gasteiger partial charge in [-0.25, -0.2) is 0 Å². The van der Waals surface area contributed by atoms with E-state index in [0.717, 1.165) is 29.3 Å². The number of halogens is 1. The van der Waals surface area contributed by atoms with Crippen LogP contribution >= 0.6 is 11.6 Å². The van der Waals surface area contributed by atoms with E-state index in [1.807, 2.05) is 0 Å². The zero-order valence-corrected chi connectivity index (χ0v) is 12.1. The van der Waals surface area contributed by atoms with E-state index in [-0.39, 0.29) is 0 Å². The highest BCUT2D eigenvalue weighted by Gasteiger charge is 2.23. The second-order valence-electron chi connectivity index (χ2n) is 5.45. The summed E-state index contributed by atoms with van der Waals surface area (Å²) in [4.78, 5) is 0. The van der Waals surface area contributed by atoms with Crippen LogP contribution in [0.25, 0.3) is 0 Å². The molecule has 0 N–H and O–H groups in total. The summed E-state index contributed by atoms with van der Waals surface area (Å²) in [6.07, 6.45) is 12.3. The summed E-state index contributed by atoms with van der Waals surface area (Å²) in [5, 5.41) is 5.05. The first-order valence-corrected chi connectivity index (χ1v) is 7.84. The zero-order valence-electron chi connectivity index (χ0n) is 11.4. The highest BCUT2D eigenvalue weighted by atomic mass is 35.5. The molecule has 0 aliphatic heterocycles. The molecule has 2 rings (SSSR count). The highest BCUT2D eigenvalue weighted by Crippen LogP contribution is 2.37. The Kier molecular flexibility index (Phi) is 5.55. The first-order valence-electron chi connectivity index (χ1n) is 7.47. The molecule has 1 aliphatic rings. The first kappa shape index (κ1) is 13.9. The molecule has 0 bridgehead atoms. The van der Waals surface area contributed by atoms with Gasteiger partial charge in [-0.3, -0.25) is 0 Å². The molecule has 0 amide bonds. The van der Waals surface area contributed by atoms with Crippen molar-refractivity contribution < 1.29 is 4.52 Å². The van der Waals surface area contributed by atoms with Crippen molar-refractivity contribution in [3.63, 3.8) is 0 Å². The van der Waals surface area contributed by atoms with Gasteiger partial charge in [0.15, 0.2) is 5.76 Å². The minimum absolute atomic E-state index is 0.541. The summed E-state index contributed by atoms with van der Waals surface area (Å²) < 4.78 is 5.45. The van der Waals surface area contributed by atoms with E-state index < -0.39 is 0 Å². The largest absolute Gasteiger partial charge is 0.360 e. The lowest BCUT2D eigenvalue weighted by atomic mass is 9.87. The monoisotopic (exact) mass is 269 g/mol. The molecule has 0 radical (unpaired) electrons. The van der Waals surface area contributed by atoms with Crippen molar-refractivity contribution in [1.82, 2.24) is 5.16 Å². The van der Waals surface area contributed by atoms with Crippen LogP contribution in [0.1, 0.15) is 82.1 Å². The molecule has 1 saturated carbocycles. The number of aromatic nitrogens is 1. The number of rotatable bonds is 6. The summed E-state index contributed by atoms with van der Waals surface area (Å²) in [6, 6.07) is 0. The van der Waals surface area contributed by atoms with Crippen molar-refractivity contribution in [1.29, 1.82) is 0 Å². The van der Waals surface area contributed by atoms with Crippen LogP contribution < -0.4 is 0 Å². The van der Waals surface area contributed by atoms with E-state index in [9.17, 15) is 0 Å². The maximum Gasteiger partial charge on any atom is 0.155 e. The molecule has 102 valence electrons. The van der Waals surface area contributed by atoms with Gasteiger partial charge in [-0.15, -0.1) is 0 Å². The Balaban J connectivity index is 1.90. The Labute approximate surface area is 115 Å². The van der Waals surface area contributed by atoms with Crippen LogP contribution in [-0.2, 0) is 6.42 Å². The predicted molar refractivity (Wildman–Crippen MR) is 75.2 cm³/mol. The van der Waals surface area contributed by atoms with Crippen LogP contribution in [-0.4, -0.2) is 5.16 Å². The normalized spacial score (nSPS) is 17.2. The van der Waals surface area contributed by atoms with Crippen molar-refractivity contribution >= 4 is 11.6 Å². The fourth-order valence-corrected chi connectivity index (χ4v) is 3.14. The summed E-state index contributed by atoms with van der Waals surface area (Å²) in [7, 11) is 0. The Morgan fingerprint density at radius 3 is 2.67 bits per heavy atom. The standard InChI is InChI=1S/C15H24ClNO/c1-2-3-4-8-11-13-14(16)15(17-18-13)12-9-6-5-7-10-12/h12H,2-11H2,1H3. The van der Waals surface area contributed by atoms with Gasteiger partial charge in [0.05, 0.1) is 0 Å². The van der Waals surface area contributed by atoms with Gasteiger partial charge < -0.3 is 4.52 Å². The molecule has 0 unspecified atom stereocenters. The van der Waals surface area contributed by atoms with E-state index in [4.69, 9.17) is 16.1 Å². The Morgan fingerprint density at radius 2 is 1.94 bits per heavy atom. The second-order valence-corrected chi connectivity index (χ2v) is 5.83. The number of aryl methyl sites for hydroxylation is 1. The van der Waals surface area contributed by atoms with Gasteiger partial charge in [0.1, 0.15) is 10.7 Å². The molecule has 18 heavy (non-hydrogen) atoms. The number of hydrogen-bond acceptors (Lipinski definition) is 2. The molecular formula is C15H24ClNO. The topological polar surface area (TPSA) is 26.0 Å². The van der Waals surface area contributed by atoms with Crippen LogP contribution in [0.2, 0.25) is 5.02 Å². The minimum Gasteiger partial charge on any atom is -0.360 e. The summed E-state index contributed by atoms with van der Waals surface area (Å²) in [5.41, 5.74) is 1.03. The fourth-order valence-electron chi connectivity index (χ4n) is 2.82. The van der Waals surface area contributed by atoms with E-state index in [2.05, 4.69) is 12.1 Å². The maximum atomic E-state index is 6.41. The first-order chi connectivity index (χ1) is 8.83. The minimum atomic E-state index is 0.541. The lowest BCUT2D eigenvalue weighted by molar-refractivity contribution is 0.356. The smallest absolute Gasteiger partial charge is 0.155 e. The van der Waals surface area contributed by atoms with Crippen molar-refractivity contribution in [2.75, 3.05) is 0 Å². The highest BCUT2D eigenvalue weighted by molar-refractivity contribution is 6.31. The predicted octanol–water partition coefficient (Wildman–Crippen LogP) is 5.50. The third kappa shape index (κ3) is 3.50. The summed E-state index contributed by atoms with van der Waals surface area (Å²) in [6.45, 7) is 2.22. The molecule has 1 aromatic rings.